The van der Waals surface area contributed by atoms with Crippen molar-refractivity contribution in [3.63, 3.8) is 0 Å². The molecule has 0 unspecified atom stereocenters. The summed E-state index contributed by atoms with van der Waals surface area (Å²) in [4.78, 5) is 23.6. The third-order valence-corrected chi connectivity index (χ3v) is 3.84. The molecule has 0 saturated carbocycles. The van der Waals surface area contributed by atoms with Crippen molar-refractivity contribution in [3.05, 3.63) is 65.2 Å². The van der Waals surface area contributed by atoms with Gasteiger partial charge in [0.25, 0.3) is 0 Å². The summed E-state index contributed by atoms with van der Waals surface area (Å²) < 4.78 is 0. The van der Waals surface area contributed by atoms with E-state index in [1.807, 2.05) is 30.3 Å². The van der Waals surface area contributed by atoms with Crippen LogP contribution in [0, 0.1) is 0 Å². The van der Waals surface area contributed by atoms with Crippen LogP contribution in [0.5, 0.6) is 0 Å². The molecule has 0 radical (unpaired) electrons. The Kier molecular flexibility index (Phi) is 7.37. The molecule has 0 bridgehead atoms. The minimum Gasteiger partial charge on any atom is -0.349 e. The van der Waals surface area contributed by atoms with Crippen LogP contribution in [0.2, 0.25) is 5.02 Å². The van der Waals surface area contributed by atoms with E-state index in [9.17, 15) is 9.59 Å². The van der Waals surface area contributed by atoms with Gasteiger partial charge in [-0.25, -0.2) is 0 Å². The van der Waals surface area contributed by atoms with E-state index >= 15 is 0 Å². The molecule has 4 N–H and O–H groups in total. The fourth-order valence-electron chi connectivity index (χ4n) is 2.24. The van der Waals surface area contributed by atoms with E-state index in [1.165, 1.54) is 6.92 Å². The summed E-state index contributed by atoms with van der Waals surface area (Å²) in [5.74, 6) is -0.521. The Hall–Kier alpha value is -2.64. The van der Waals surface area contributed by atoms with E-state index in [-0.39, 0.29) is 23.3 Å². The number of halogens is 1. The minimum absolute atomic E-state index is 0.0696. The Morgan fingerprint density at radius 1 is 1.04 bits per heavy atom. The van der Waals surface area contributed by atoms with Crippen LogP contribution in [0.4, 0.5) is 5.69 Å². The molecular formula is C18H19ClN4O2S. The number of carbonyl (C=O) groups is 2. The summed E-state index contributed by atoms with van der Waals surface area (Å²) >= 11 is 10.9. The summed E-state index contributed by atoms with van der Waals surface area (Å²) in [6, 6.07) is 15.8. The van der Waals surface area contributed by atoms with Crippen molar-refractivity contribution in [2.75, 3.05) is 5.32 Å². The third-order valence-electron chi connectivity index (χ3n) is 3.39. The molecule has 1 atom stereocenters. The van der Waals surface area contributed by atoms with Gasteiger partial charge in [0.1, 0.15) is 0 Å². The molecule has 2 aromatic carbocycles. The van der Waals surface area contributed by atoms with Gasteiger partial charge in [-0.1, -0.05) is 41.9 Å². The monoisotopic (exact) mass is 390 g/mol. The Labute approximate surface area is 162 Å². The van der Waals surface area contributed by atoms with E-state index in [2.05, 4.69) is 21.5 Å². The van der Waals surface area contributed by atoms with Crippen molar-refractivity contribution in [2.24, 2.45) is 0 Å². The number of amides is 2. The lowest BCUT2D eigenvalue weighted by Crippen LogP contribution is -2.45. The van der Waals surface area contributed by atoms with Gasteiger partial charge in [0.15, 0.2) is 5.11 Å². The van der Waals surface area contributed by atoms with E-state index < -0.39 is 6.04 Å². The van der Waals surface area contributed by atoms with Crippen LogP contribution in [-0.2, 0) is 9.59 Å². The number of anilines is 1. The Morgan fingerprint density at radius 2 is 1.69 bits per heavy atom. The van der Waals surface area contributed by atoms with E-state index in [4.69, 9.17) is 23.8 Å². The van der Waals surface area contributed by atoms with Gasteiger partial charge in [-0.3, -0.25) is 20.4 Å². The zero-order valence-electron chi connectivity index (χ0n) is 14.1. The maximum Gasteiger partial charge on any atom is 0.240 e. The van der Waals surface area contributed by atoms with Crippen LogP contribution in [0.15, 0.2) is 54.6 Å². The zero-order chi connectivity index (χ0) is 18.9. The average Bonchev–Trinajstić information content (AvgIpc) is 2.62. The molecular weight excluding hydrogens is 372 g/mol. The molecule has 0 spiro atoms. The Bertz CT molecular complexity index is 769. The molecule has 0 aliphatic heterocycles. The highest BCUT2D eigenvalue weighted by atomic mass is 35.5. The fraction of sp³-hybridized carbons (Fsp3) is 0.167. The van der Waals surface area contributed by atoms with Crippen molar-refractivity contribution in [1.29, 1.82) is 0 Å². The van der Waals surface area contributed by atoms with Crippen LogP contribution >= 0.6 is 23.8 Å². The summed E-state index contributed by atoms with van der Waals surface area (Å²) in [6.45, 7) is 1.41. The summed E-state index contributed by atoms with van der Waals surface area (Å²) in [5.41, 5.74) is 6.73. The molecule has 0 fully saturated rings. The van der Waals surface area contributed by atoms with Gasteiger partial charge in [0.05, 0.1) is 12.5 Å². The maximum atomic E-state index is 12.2. The second-order valence-electron chi connectivity index (χ2n) is 5.50. The first-order chi connectivity index (χ1) is 12.4. The highest BCUT2D eigenvalue weighted by Crippen LogP contribution is 2.16. The molecule has 2 amide bonds. The van der Waals surface area contributed by atoms with Crippen molar-refractivity contribution in [1.82, 2.24) is 16.2 Å². The highest BCUT2D eigenvalue weighted by Gasteiger charge is 2.17. The SMILES string of the molecule is CC(=O)N[C@@H](CC(=O)NNC(=S)Nc1ccc(Cl)cc1)c1ccccc1. The van der Waals surface area contributed by atoms with Crippen LogP contribution < -0.4 is 21.5 Å². The first-order valence-corrected chi connectivity index (χ1v) is 8.66. The number of hydrogen-bond donors (Lipinski definition) is 4. The molecule has 2 aromatic rings. The zero-order valence-corrected chi connectivity index (χ0v) is 15.7. The number of hydrazine groups is 1. The van der Waals surface area contributed by atoms with Crippen molar-refractivity contribution >= 4 is 46.4 Å². The second-order valence-corrected chi connectivity index (χ2v) is 6.35. The van der Waals surface area contributed by atoms with Gasteiger partial charge in [0.2, 0.25) is 11.8 Å². The molecule has 26 heavy (non-hydrogen) atoms. The van der Waals surface area contributed by atoms with Crippen LogP contribution in [-0.4, -0.2) is 16.9 Å². The molecule has 0 saturated heterocycles. The summed E-state index contributed by atoms with van der Waals surface area (Å²) in [5, 5.41) is 6.54. The predicted molar refractivity (Wildman–Crippen MR) is 107 cm³/mol. The molecule has 2 rings (SSSR count). The largest absolute Gasteiger partial charge is 0.349 e. The average molecular weight is 391 g/mol. The van der Waals surface area contributed by atoms with Gasteiger partial charge in [0, 0.05) is 17.6 Å². The number of rotatable bonds is 5. The van der Waals surface area contributed by atoms with Gasteiger partial charge >= 0.3 is 0 Å². The normalized spacial score (nSPS) is 11.2. The Morgan fingerprint density at radius 3 is 2.31 bits per heavy atom. The fourth-order valence-corrected chi connectivity index (χ4v) is 2.54. The third kappa shape index (κ3) is 6.70. The Balaban J connectivity index is 1.86. The first kappa shape index (κ1) is 19.7. The van der Waals surface area contributed by atoms with Crippen molar-refractivity contribution < 1.29 is 9.59 Å². The molecule has 0 aliphatic carbocycles. The molecule has 136 valence electrons. The molecule has 0 aromatic heterocycles. The van der Waals surface area contributed by atoms with E-state index in [1.54, 1.807) is 24.3 Å². The topological polar surface area (TPSA) is 82.3 Å². The number of nitrogens with one attached hydrogen (secondary N) is 4. The van der Waals surface area contributed by atoms with Gasteiger partial charge in [-0.15, -0.1) is 0 Å². The summed E-state index contributed by atoms with van der Waals surface area (Å²) in [7, 11) is 0. The van der Waals surface area contributed by atoms with Crippen LogP contribution in [0.1, 0.15) is 24.9 Å². The standard InChI is InChI=1S/C18H19ClN4O2S/c1-12(24)20-16(13-5-3-2-4-6-13)11-17(25)22-23-18(26)21-15-9-7-14(19)8-10-15/h2-10,16H,11H2,1H3,(H,20,24)(H,22,25)(H2,21,23,26)/t16-/m0/s1. The minimum atomic E-state index is -0.423. The number of benzene rings is 2. The van der Waals surface area contributed by atoms with Crippen LogP contribution in [0.3, 0.4) is 0 Å². The summed E-state index contributed by atoms with van der Waals surface area (Å²) in [6.07, 6.45) is 0.0696. The van der Waals surface area contributed by atoms with Crippen LogP contribution in [0.25, 0.3) is 0 Å². The first-order valence-electron chi connectivity index (χ1n) is 7.87. The number of carbonyl (C=O) groups excluding carboxylic acids is 2. The molecule has 0 heterocycles. The lowest BCUT2D eigenvalue weighted by Gasteiger charge is -2.18. The lowest BCUT2D eigenvalue weighted by molar-refractivity contribution is -0.123. The highest BCUT2D eigenvalue weighted by molar-refractivity contribution is 7.80. The molecule has 0 aliphatic rings. The van der Waals surface area contributed by atoms with E-state index in [0.717, 1.165) is 11.3 Å². The quantitative estimate of drug-likeness (QED) is 0.466. The van der Waals surface area contributed by atoms with E-state index in [0.29, 0.717) is 5.02 Å². The number of hydrogen-bond acceptors (Lipinski definition) is 3. The molecule has 6 nitrogen and oxygen atoms in total. The van der Waals surface area contributed by atoms with Gasteiger partial charge in [-0.2, -0.15) is 0 Å². The second kappa shape index (κ2) is 9.74. The van der Waals surface area contributed by atoms with Crippen molar-refractivity contribution in [2.45, 2.75) is 19.4 Å². The number of thiocarbonyl (C=S) groups is 1. The van der Waals surface area contributed by atoms with Gasteiger partial charge in [-0.05, 0) is 42.0 Å². The lowest BCUT2D eigenvalue weighted by atomic mass is 10.0. The smallest absolute Gasteiger partial charge is 0.240 e. The van der Waals surface area contributed by atoms with Crippen molar-refractivity contribution in [3.8, 4) is 0 Å². The molecule has 8 heteroatoms. The van der Waals surface area contributed by atoms with Gasteiger partial charge < -0.3 is 10.6 Å². The maximum absolute atomic E-state index is 12.2. The predicted octanol–water partition coefficient (Wildman–Crippen LogP) is 2.93.